The van der Waals surface area contributed by atoms with Gasteiger partial charge in [-0.2, -0.15) is 11.8 Å². The summed E-state index contributed by atoms with van der Waals surface area (Å²) in [6.45, 7) is 4.03. The highest BCUT2D eigenvalue weighted by atomic mass is 32.2. The molecule has 1 saturated heterocycles. The van der Waals surface area contributed by atoms with Gasteiger partial charge in [0.2, 0.25) is 0 Å². The second-order valence-electron chi connectivity index (χ2n) is 4.89. The second kappa shape index (κ2) is 5.33. The molecule has 3 rings (SSSR count). The zero-order valence-corrected chi connectivity index (χ0v) is 11.9. The minimum Gasteiger partial charge on any atom is -0.488 e. The Hall–Kier alpha value is -1.36. The van der Waals surface area contributed by atoms with Crippen molar-refractivity contribution in [1.29, 1.82) is 0 Å². The van der Waals surface area contributed by atoms with Gasteiger partial charge in [-0.3, -0.25) is 0 Å². The molecule has 4 nitrogen and oxygen atoms in total. The number of guanidine groups is 1. The molecular formula is C14H19N3OS. The predicted octanol–water partition coefficient (Wildman–Crippen LogP) is 1.87. The SMILES string of the molecule is CC1Oc2ccccc2C1N=C(N)N1CCSCC1. The van der Waals surface area contributed by atoms with Crippen molar-refractivity contribution in [1.82, 2.24) is 4.90 Å². The fourth-order valence-corrected chi connectivity index (χ4v) is 3.44. The molecule has 5 heteroatoms. The maximum atomic E-state index is 6.16. The van der Waals surface area contributed by atoms with E-state index in [1.807, 2.05) is 36.9 Å². The van der Waals surface area contributed by atoms with Crippen LogP contribution in [0.25, 0.3) is 0 Å². The van der Waals surface area contributed by atoms with Gasteiger partial charge < -0.3 is 15.4 Å². The quantitative estimate of drug-likeness (QED) is 0.629. The van der Waals surface area contributed by atoms with Crippen LogP contribution in [0.2, 0.25) is 0 Å². The minimum absolute atomic E-state index is 0.0192. The topological polar surface area (TPSA) is 50.9 Å². The van der Waals surface area contributed by atoms with E-state index in [1.165, 1.54) is 0 Å². The Bertz CT molecular complexity index is 485. The zero-order valence-electron chi connectivity index (χ0n) is 11.1. The third kappa shape index (κ3) is 2.52. The Morgan fingerprint density at radius 3 is 2.89 bits per heavy atom. The summed E-state index contributed by atoms with van der Waals surface area (Å²) in [7, 11) is 0. The number of rotatable bonds is 1. The Balaban J connectivity index is 1.82. The van der Waals surface area contributed by atoms with Gasteiger partial charge in [-0.25, -0.2) is 4.99 Å². The van der Waals surface area contributed by atoms with E-state index in [-0.39, 0.29) is 12.1 Å². The number of ether oxygens (including phenoxy) is 1. The van der Waals surface area contributed by atoms with Crippen LogP contribution in [0.15, 0.2) is 29.3 Å². The summed E-state index contributed by atoms with van der Waals surface area (Å²) < 4.78 is 5.82. The van der Waals surface area contributed by atoms with Crippen molar-refractivity contribution in [3.05, 3.63) is 29.8 Å². The van der Waals surface area contributed by atoms with Crippen LogP contribution >= 0.6 is 11.8 Å². The lowest BCUT2D eigenvalue weighted by Gasteiger charge is -2.28. The lowest BCUT2D eigenvalue weighted by atomic mass is 10.1. The summed E-state index contributed by atoms with van der Waals surface area (Å²) in [6.07, 6.45) is 0.0510. The first-order valence-electron chi connectivity index (χ1n) is 6.67. The lowest BCUT2D eigenvalue weighted by molar-refractivity contribution is 0.228. The van der Waals surface area contributed by atoms with Gasteiger partial charge in [0, 0.05) is 30.2 Å². The number of benzene rings is 1. The minimum atomic E-state index is 0.0192. The van der Waals surface area contributed by atoms with Crippen LogP contribution in [0.1, 0.15) is 18.5 Å². The maximum absolute atomic E-state index is 6.16. The maximum Gasteiger partial charge on any atom is 0.192 e. The Kier molecular flexibility index (Phi) is 3.55. The molecule has 0 saturated carbocycles. The van der Waals surface area contributed by atoms with Crippen molar-refractivity contribution >= 4 is 17.7 Å². The molecule has 0 spiro atoms. The largest absolute Gasteiger partial charge is 0.488 e. The van der Waals surface area contributed by atoms with Crippen molar-refractivity contribution in [3.8, 4) is 5.75 Å². The average molecular weight is 277 g/mol. The van der Waals surface area contributed by atoms with Crippen molar-refractivity contribution < 1.29 is 4.74 Å². The summed E-state index contributed by atoms with van der Waals surface area (Å²) in [4.78, 5) is 6.88. The third-order valence-corrected chi connectivity index (χ3v) is 4.54. The molecule has 2 heterocycles. The van der Waals surface area contributed by atoms with Gasteiger partial charge >= 0.3 is 0 Å². The van der Waals surface area contributed by atoms with Crippen molar-refractivity contribution in [2.75, 3.05) is 24.6 Å². The van der Waals surface area contributed by atoms with Crippen molar-refractivity contribution in [2.45, 2.75) is 19.1 Å². The van der Waals surface area contributed by atoms with Crippen LogP contribution in [0.3, 0.4) is 0 Å². The van der Waals surface area contributed by atoms with E-state index in [0.29, 0.717) is 5.96 Å². The lowest BCUT2D eigenvalue weighted by Crippen LogP contribution is -2.43. The number of fused-ring (bicyclic) bond motifs is 1. The highest BCUT2D eigenvalue weighted by molar-refractivity contribution is 7.99. The van der Waals surface area contributed by atoms with Gasteiger partial charge in [-0.1, -0.05) is 18.2 Å². The molecule has 19 heavy (non-hydrogen) atoms. The molecule has 1 aromatic carbocycles. The van der Waals surface area contributed by atoms with Crippen molar-refractivity contribution in [2.24, 2.45) is 10.7 Å². The predicted molar refractivity (Wildman–Crippen MR) is 79.8 cm³/mol. The van der Waals surface area contributed by atoms with E-state index < -0.39 is 0 Å². The Morgan fingerprint density at radius 2 is 2.11 bits per heavy atom. The summed E-state index contributed by atoms with van der Waals surface area (Å²) in [5, 5.41) is 0. The third-order valence-electron chi connectivity index (χ3n) is 3.60. The molecule has 0 bridgehead atoms. The molecule has 102 valence electrons. The first-order chi connectivity index (χ1) is 9.25. The average Bonchev–Trinajstić information content (AvgIpc) is 2.76. The van der Waals surface area contributed by atoms with Gasteiger partial charge in [-0.05, 0) is 13.0 Å². The zero-order chi connectivity index (χ0) is 13.2. The van der Waals surface area contributed by atoms with E-state index in [0.717, 1.165) is 35.9 Å². The van der Waals surface area contributed by atoms with Gasteiger partial charge in [0.25, 0.3) is 0 Å². The molecule has 0 aliphatic carbocycles. The van der Waals surface area contributed by atoms with E-state index in [4.69, 9.17) is 15.5 Å². The smallest absolute Gasteiger partial charge is 0.192 e. The number of para-hydroxylation sites is 1. The molecule has 2 aliphatic rings. The summed E-state index contributed by atoms with van der Waals surface area (Å²) in [5.41, 5.74) is 7.30. The Morgan fingerprint density at radius 1 is 1.37 bits per heavy atom. The number of aliphatic imine (C=N–C) groups is 1. The number of nitrogens with two attached hydrogens (primary N) is 1. The molecule has 2 aliphatic heterocycles. The van der Waals surface area contributed by atoms with Crippen LogP contribution in [0, 0.1) is 0 Å². The van der Waals surface area contributed by atoms with Crippen molar-refractivity contribution in [3.63, 3.8) is 0 Å². The standard InChI is InChI=1S/C14H19N3OS/c1-10-13(11-4-2-3-5-12(11)18-10)16-14(15)17-6-8-19-9-7-17/h2-5,10,13H,6-9H2,1H3,(H2,15,16). The number of nitrogens with zero attached hydrogens (tertiary/aromatic N) is 2. The molecule has 1 aromatic rings. The van der Waals surface area contributed by atoms with Gasteiger partial charge in [-0.15, -0.1) is 0 Å². The van der Waals surface area contributed by atoms with E-state index in [2.05, 4.69) is 11.0 Å². The molecule has 2 unspecified atom stereocenters. The molecule has 0 amide bonds. The van der Waals surface area contributed by atoms with Gasteiger partial charge in [0.1, 0.15) is 17.9 Å². The molecule has 2 N–H and O–H groups in total. The fourth-order valence-electron chi connectivity index (χ4n) is 2.54. The molecule has 0 radical (unpaired) electrons. The molecule has 2 atom stereocenters. The van der Waals surface area contributed by atoms with Crippen LogP contribution in [-0.4, -0.2) is 41.6 Å². The van der Waals surface area contributed by atoms with Crippen LogP contribution < -0.4 is 10.5 Å². The summed E-state index contributed by atoms with van der Waals surface area (Å²) >= 11 is 1.97. The normalized spacial score (nSPS) is 27.0. The summed E-state index contributed by atoms with van der Waals surface area (Å²) in [6, 6.07) is 8.10. The molecule has 0 aromatic heterocycles. The highest BCUT2D eigenvalue weighted by Gasteiger charge is 2.31. The fraction of sp³-hybridized carbons (Fsp3) is 0.500. The molecular weight excluding hydrogens is 258 g/mol. The second-order valence-corrected chi connectivity index (χ2v) is 6.12. The van der Waals surface area contributed by atoms with E-state index in [1.54, 1.807) is 0 Å². The van der Waals surface area contributed by atoms with Crippen LogP contribution in [0.5, 0.6) is 5.75 Å². The van der Waals surface area contributed by atoms with E-state index >= 15 is 0 Å². The van der Waals surface area contributed by atoms with Gasteiger partial charge in [0.05, 0.1) is 0 Å². The van der Waals surface area contributed by atoms with Crippen LogP contribution in [-0.2, 0) is 0 Å². The number of thioether (sulfide) groups is 1. The summed E-state index contributed by atoms with van der Waals surface area (Å²) in [5.74, 6) is 3.84. The van der Waals surface area contributed by atoms with E-state index in [9.17, 15) is 0 Å². The molecule has 1 fully saturated rings. The van der Waals surface area contributed by atoms with Crippen LogP contribution in [0.4, 0.5) is 0 Å². The monoisotopic (exact) mass is 277 g/mol. The first kappa shape index (κ1) is 12.7. The Labute approximate surface area is 118 Å². The highest BCUT2D eigenvalue weighted by Crippen LogP contribution is 2.38. The van der Waals surface area contributed by atoms with Gasteiger partial charge in [0.15, 0.2) is 5.96 Å². The first-order valence-corrected chi connectivity index (χ1v) is 7.83. The number of hydrogen-bond donors (Lipinski definition) is 1. The number of hydrogen-bond acceptors (Lipinski definition) is 3.